The Balaban J connectivity index is 2.89. The lowest BCUT2D eigenvalue weighted by Gasteiger charge is -2.14. The van der Waals surface area contributed by atoms with Crippen LogP contribution in [0.2, 0.25) is 0 Å². The second-order valence-corrected chi connectivity index (χ2v) is 3.27. The van der Waals surface area contributed by atoms with Crippen molar-refractivity contribution in [1.82, 2.24) is 4.98 Å². The summed E-state index contributed by atoms with van der Waals surface area (Å²) in [4.78, 5) is 14.7. The zero-order valence-electron chi connectivity index (χ0n) is 9.14. The van der Waals surface area contributed by atoms with Gasteiger partial charge in [0.15, 0.2) is 0 Å². The highest BCUT2D eigenvalue weighted by molar-refractivity contribution is 5.94. The van der Waals surface area contributed by atoms with Gasteiger partial charge in [-0.1, -0.05) is 0 Å². The van der Waals surface area contributed by atoms with Crippen molar-refractivity contribution in [2.45, 2.75) is 13.0 Å². The number of aromatic carboxylic acids is 1. The molecule has 0 saturated carbocycles. The Labute approximate surface area is 93.0 Å². The first kappa shape index (κ1) is 12.3. The van der Waals surface area contributed by atoms with E-state index in [4.69, 9.17) is 20.3 Å². The molecule has 1 rings (SSSR count). The first-order chi connectivity index (χ1) is 7.56. The summed E-state index contributed by atoms with van der Waals surface area (Å²) in [7, 11) is 1.55. The van der Waals surface area contributed by atoms with Crippen LogP contribution in [0.15, 0.2) is 12.3 Å². The molecule has 1 aromatic rings. The summed E-state index contributed by atoms with van der Waals surface area (Å²) in [6.07, 6.45) is 1.10. The van der Waals surface area contributed by atoms with E-state index >= 15 is 0 Å². The van der Waals surface area contributed by atoms with Gasteiger partial charge in [0.2, 0.25) is 5.88 Å². The predicted octanol–water partition coefficient (Wildman–Crippen LogP) is 0.776. The lowest BCUT2D eigenvalue weighted by atomic mass is 10.2. The zero-order valence-corrected chi connectivity index (χ0v) is 9.14. The number of rotatable bonds is 5. The fraction of sp³-hybridized carbons (Fsp3) is 0.400. The van der Waals surface area contributed by atoms with Crippen LogP contribution in [0.5, 0.6) is 5.88 Å². The van der Waals surface area contributed by atoms with E-state index in [1.165, 1.54) is 12.3 Å². The number of aromatic nitrogens is 1. The summed E-state index contributed by atoms with van der Waals surface area (Å²) in [5, 5.41) is 8.84. The molecular weight excluding hydrogens is 212 g/mol. The van der Waals surface area contributed by atoms with Crippen LogP contribution >= 0.6 is 0 Å². The minimum absolute atomic E-state index is 0.0189. The number of hydrogen-bond acceptors (Lipinski definition) is 5. The van der Waals surface area contributed by atoms with Gasteiger partial charge in [0, 0.05) is 13.3 Å². The van der Waals surface area contributed by atoms with Crippen molar-refractivity contribution in [3.05, 3.63) is 17.8 Å². The third kappa shape index (κ3) is 2.83. The Bertz CT molecular complexity index is 381. The fourth-order valence-electron chi connectivity index (χ4n) is 1.19. The molecule has 0 aliphatic heterocycles. The topological polar surface area (TPSA) is 94.7 Å². The number of anilines is 1. The maximum absolute atomic E-state index is 10.8. The number of carboxylic acids is 1. The monoisotopic (exact) mass is 226 g/mol. The van der Waals surface area contributed by atoms with Crippen molar-refractivity contribution >= 4 is 11.7 Å². The van der Waals surface area contributed by atoms with Crippen LogP contribution in [-0.2, 0) is 4.74 Å². The van der Waals surface area contributed by atoms with E-state index < -0.39 is 5.97 Å². The molecule has 0 aromatic carbocycles. The van der Waals surface area contributed by atoms with E-state index in [-0.39, 0.29) is 23.2 Å². The molecule has 88 valence electrons. The quantitative estimate of drug-likeness (QED) is 0.770. The van der Waals surface area contributed by atoms with Gasteiger partial charge in [-0.2, -0.15) is 0 Å². The summed E-state index contributed by atoms with van der Waals surface area (Å²) in [6, 6.07) is 1.32. The summed E-state index contributed by atoms with van der Waals surface area (Å²) >= 11 is 0. The van der Waals surface area contributed by atoms with Crippen LogP contribution < -0.4 is 10.5 Å². The van der Waals surface area contributed by atoms with Gasteiger partial charge in [0.1, 0.15) is 11.8 Å². The number of nitrogens with two attached hydrogens (primary N) is 1. The third-order valence-corrected chi connectivity index (χ3v) is 1.90. The molecular formula is C10H14N2O4. The van der Waals surface area contributed by atoms with E-state index in [9.17, 15) is 4.79 Å². The van der Waals surface area contributed by atoms with Crippen molar-refractivity contribution in [3.8, 4) is 5.88 Å². The standard InChI is InChI=1S/C10H14N2O4/c1-6(5-15-2)16-9-8(11)7(10(13)14)3-4-12-9/h3-4,6H,5,11H2,1-2H3,(H,13,14). The van der Waals surface area contributed by atoms with Gasteiger partial charge in [-0.25, -0.2) is 9.78 Å². The average Bonchev–Trinajstić information content (AvgIpc) is 2.21. The fourth-order valence-corrected chi connectivity index (χ4v) is 1.19. The summed E-state index contributed by atoms with van der Waals surface area (Å²) < 4.78 is 10.2. The van der Waals surface area contributed by atoms with Crippen LogP contribution in [0, 0.1) is 0 Å². The smallest absolute Gasteiger partial charge is 0.338 e. The molecule has 0 bridgehead atoms. The molecule has 0 spiro atoms. The molecule has 0 fully saturated rings. The molecule has 0 radical (unpaired) electrons. The average molecular weight is 226 g/mol. The molecule has 0 amide bonds. The SMILES string of the molecule is COCC(C)Oc1nccc(C(=O)O)c1N. The molecule has 3 N–H and O–H groups in total. The molecule has 6 heteroatoms. The van der Waals surface area contributed by atoms with E-state index in [0.29, 0.717) is 6.61 Å². The minimum atomic E-state index is -1.11. The van der Waals surface area contributed by atoms with E-state index in [0.717, 1.165) is 0 Å². The molecule has 1 aromatic heterocycles. The predicted molar refractivity (Wildman–Crippen MR) is 57.6 cm³/mol. The molecule has 6 nitrogen and oxygen atoms in total. The van der Waals surface area contributed by atoms with Crippen molar-refractivity contribution in [2.24, 2.45) is 0 Å². The van der Waals surface area contributed by atoms with Crippen LogP contribution in [0.25, 0.3) is 0 Å². The lowest BCUT2D eigenvalue weighted by Crippen LogP contribution is -2.20. The normalized spacial score (nSPS) is 12.1. The molecule has 0 saturated heterocycles. The van der Waals surface area contributed by atoms with Gasteiger partial charge in [-0.05, 0) is 13.0 Å². The Kier molecular flexibility index (Phi) is 4.07. The molecule has 0 aliphatic rings. The highest BCUT2D eigenvalue weighted by atomic mass is 16.5. The molecule has 16 heavy (non-hydrogen) atoms. The molecule has 0 aliphatic carbocycles. The number of carboxylic acid groups (broad SMARTS) is 1. The summed E-state index contributed by atoms with van der Waals surface area (Å²) in [5.74, 6) is -0.992. The second kappa shape index (κ2) is 5.32. The maximum atomic E-state index is 10.8. The minimum Gasteiger partial charge on any atom is -0.478 e. The Morgan fingerprint density at radius 2 is 2.38 bits per heavy atom. The highest BCUT2D eigenvalue weighted by Gasteiger charge is 2.15. The van der Waals surface area contributed by atoms with Gasteiger partial charge < -0.3 is 20.3 Å². The zero-order chi connectivity index (χ0) is 12.1. The number of methoxy groups -OCH3 is 1. The molecule has 1 unspecified atom stereocenters. The third-order valence-electron chi connectivity index (χ3n) is 1.90. The number of ether oxygens (including phenoxy) is 2. The molecule has 1 heterocycles. The summed E-state index contributed by atoms with van der Waals surface area (Å²) in [6.45, 7) is 2.15. The van der Waals surface area contributed by atoms with Gasteiger partial charge in [-0.3, -0.25) is 0 Å². The first-order valence-electron chi connectivity index (χ1n) is 4.69. The number of nitrogens with zero attached hydrogens (tertiary/aromatic N) is 1. The Morgan fingerprint density at radius 3 is 2.94 bits per heavy atom. The maximum Gasteiger partial charge on any atom is 0.338 e. The first-order valence-corrected chi connectivity index (χ1v) is 4.69. The van der Waals surface area contributed by atoms with E-state index in [2.05, 4.69) is 4.98 Å². The van der Waals surface area contributed by atoms with Crippen molar-refractivity contribution < 1.29 is 19.4 Å². The van der Waals surface area contributed by atoms with Crippen molar-refractivity contribution in [1.29, 1.82) is 0 Å². The van der Waals surface area contributed by atoms with Gasteiger partial charge in [0.25, 0.3) is 0 Å². The van der Waals surface area contributed by atoms with Crippen molar-refractivity contribution in [2.75, 3.05) is 19.5 Å². The largest absolute Gasteiger partial charge is 0.478 e. The highest BCUT2D eigenvalue weighted by Crippen LogP contribution is 2.23. The van der Waals surface area contributed by atoms with Crippen LogP contribution in [-0.4, -0.2) is 35.9 Å². The van der Waals surface area contributed by atoms with Crippen LogP contribution in [0.4, 0.5) is 5.69 Å². The van der Waals surface area contributed by atoms with Crippen molar-refractivity contribution in [3.63, 3.8) is 0 Å². The number of hydrogen-bond donors (Lipinski definition) is 2. The van der Waals surface area contributed by atoms with E-state index in [1.807, 2.05) is 0 Å². The van der Waals surface area contributed by atoms with Gasteiger partial charge in [0.05, 0.1) is 12.2 Å². The number of carbonyl (C=O) groups is 1. The van der Waals surface area contributed by atoms with Crippen LogP contribution in [0.3, 0.4) is 0 Å². The number of nitrogen functional groups attached to an aromatic ring is 1. The Hall–Kier alpha value is -1.82. The second-order valence-electron chi connectivity index (χ2n) is 3.27. The van der Waals surface area contributed by atoms with Gasteiger partial charge >= 0.3 is 5.97 Å². The summed E-state index contributed by atoms with van der Waals surface area (Å²) in [5.41, 5.74) is 5.63. The molecule has 1 atom stereocenters. The van der Waals surface area contributed by atoms with Crippen LogP contribution in [0.1, 0.15) is 17.3 Å². The van der Waals surface area contributed by atoms with Gasteiger partial charge in [-0.15, -0.1) is 0 Å². The number of pyridine rings is 1. The Morgan fingerprint density at radius 1 is 1.69 bits per heavy atom. The lowest BCUT2D eigenvalue weighted by molar-refractivity contribution is 0.0695. The van der Waals surface area contributed by atoms with E-state index in [1.54, 1.807) is 14.0 Å².